The number of rotatable bonds is 6. The van der Waals surface area contributed by atoms with Gasteiger partial charge < -0.3 is 15.4 Å². The van der Waals surface area contributed by atoms with E-state index in [1.54, 1.807) is 6.07 Å². The van der Waals surface area contributed by atoms with Crippen LogP contribution in [0.2, 0.25) is 0 Å². The molecule has 1 aliphatic rings. The van der Waals surface area contributed by atoms with E-state index >= 15 is 0 Å². The van der Waals surface area contributed by atoms with E-state index in [4.69, 9.17) is 4.74 Å². The minimum absolute atomic E-state index is 0.0876. The van der Waals surface area contributed by atoms with Crippen molar-refractivity contribution in [3.63, 3.8) is 0 Å². The van der Waals surface area contributed by atoms with Gasteiger partial charge in [0.25, 0.3) is 0 Å². The number of anilines is 1. The van der Waals surface area contributed by atoms with Crippen molar-refractivity contribution in [2.75, 3.05) is 38.1 Å². The number of amides is 2. The molecular formula is C22H27N3O3. The molecular weight excluding hydrogens is 354 g/mol. The van der Waals surface area contributed by atoms with Gasteiger partial charge in [0.1, 0.15) is 0 Å². The number of hydrogen-bond donors (Lipinski definition) is 2. The molecule has 148 valence electrons. The predicted molar refractivity (Wildman–Crippen MR) is 109 cm³/mol. The lowest BCUT2D eigenvalue weighted by Gasteiger charge is -2.33. The van der Waals surface area contributed by atoms with E-state index in [-0.39, 0.29) is 6.10 Å². The standard InChI is InChI=1S/C22H27N3O3/c1-17-7-5-10-19(15-17)24-22(27)21(26)23-11-6-12-25-13-14-28-20(16-25)18-8-3-2-4-9-18/h2-5,7-10,15,20H,6,11-14,16H2,1H3,(H,23,26)(H,24,27). The van der Waals surface area contributed by atoms with E-state index < -0.39 is 11.8 Å². The minimum atomic E-state index is -0.638. The molecule has 0 bridgehead atoms. The zero-order chi connectivity index (χ0) is 19.8. The Labute approximate surface area is 165 Å². The molecule has 0 saturated carbocycles. The Bertz CT molecular complexity index is 795. The second-order valence-corrected chi connectivity index (χ2v) is 7.00. The van der Waals surface area contributed by atoms with Crippen molar-refractivity contribution in [1.82, 2.24) is 10.2 Å². The Morgan fingerprint density at radius 3 is 2.71 bits per heavy atom. The van der Waals surface area contributed by atoms with E-state index in [0.29, 0.717) is 18.8 Å². The summed E-state index contributed by atoms with van der Waals surface area (Å²) >= 11 is 0. The first-order valence-electron chi connectivity index (χ1n) is 9.66. The molecule has 0 aliphatic carbocycles. The summed E-state index contributed by atoms with van der Waals surface area (Å²) in [5, 5.41) is 5.31. The SMILES string of the molecule is Cc1cccc(NC(=O)C(=O)NCCCN2CCOC(c3ccccc3)C2)c1. The van der Waals surface area contributed by atoms with Gasteiger partial charge in [0.05, 0.1) is 12.7 Å². The molecule has 1 saturated heterocycles. The summed E-state index contributed by atoms with van der Waals surface area (Å²) in [6, 6.07) is 17.6. The van der Waals surface area contributed by atoms with Crippen molar-refractivity contribution in [1.29, 1.82) is 0 Å². The van der Waals surface area contributed by atoms with Crippen molar-refractivity contribution < 1.29 is 14.3 Å². The second-order valence-electron chi connectivity index (χ2n) is 7.00. The third-order valence-electron chi connectivity index (χ3n) is 4.74. The van der Waals surface area contributed by atoms with Crippen LogP contribution < -0.4 is 10.6 Å². The summed E-state index contributed by atoms with van der Waals surface area (Å²) in [6.07, 6.45) is 0.870. The molecule has 1 heterocycles. The third kappa shape index (κ3) is 5.90. The molecule has 2 N–H and O–H groups in total. The van der Waals surface area contributed by atoms with Crippen LogP contribution in [0.1, 0.15) is 23.7 Å². The zero-order valence-electron chi connectivity index (χ0n) is 16.2. The lowest BCUT2D eigenvalue weighted by molar-refractivity contribution is -0.136. The summed E-state index contributed by atoms with van der Waals surface area (Å²) in [5.41, 5.74) is 2.84. The maximum Gasteiger partial charge on any atom is 0.313 e. The first-order valence-corrected chi connectivity index (χ1v) is 9.66. The summed E-state index contributed by atoms with van der Waals surface area (Å²) in [4.78, 5) is 26.3. The monoisotopic (exact) mass is 381 g/mol. The van der Waals surface area contributed by atoms with Gasteiger partial charge in [-0.2, -0.15) is 0 Å². The van der Waals surface area contributed by atoms with E-state index in [0.717, 1.165) is 31.6 Å². The molecule has 2 aromatic carbocycles. The van der Waals surface area contributed by atoms with Crippen LogP contribution in [0.15, 0.2) is 54.6 Å². The Morgan fingerprint density at radius 2 is 1.93 bits per heavy atom. The van der Waals surface area contributed by atoms with Gasteiger partial charge in [-0.3, -0.25) is 14.5 Å². The van der Waals surface area contributed by atoms with Crippen LogP contribution in [0.5, 0.6) is 0 Å². The molecule has 1 aliphatic heterocycles. The van der Waals surface area contributed by atoms with Crippen LogP contribution in [0, 0.1) is 6.92 Å². The second kappa shape index (κ2) is 10.0. The first-order chi connectivity index (χ1) is 13.6. The number of benzene rings is 2. The summed E-state index contributed by atoms with van der Waals surface area (Å²) in [5.74, 6) is -1.24. The molecule has 1 fully saturated rings. The third-order valence-corrected chi connectivity index (χ3v) is 4.74. The number of aryl methyl sites for hydroxylation is 1. The topological polar surface area (TPSA) is 70.7 Å². The number of nitrogens with zero attached hydrogens (tertiary/aromatic N) is 1. The fourth-order valence-corrected chi connectivity index (χ4v) is 3.27. The highest BCUT2D eigenvalue weighted by atomic mass is 16.5. The smallest absolute Gasteiger partial charge is 0.313 e. The fraction of sp³-hybridized carbons (Fsp3) is 0.364. The molecule has 28 heavy (non-hydrogen) atoms. The molecule has 1 unspecified atom stereocenters. The number of nitrogens with one attached hydrogen (secondary N) is 2. The molecule has 3 rings (SSSR count). The van der Waals surface area contributed by atoms with Gasteiger partial charge >= 0.3 is 11.8 Å². The Morgan fingerprint density at radius 1 is 1.11 bits per heavy atom. The van der Waals surface area contributed by atoms with Gasteiger partial charge in [0, 0.05) is 31.9 Å². The molecule has 0 spiro atoms. The minimum Gasteiger partial charge on any atom is -0.371 e. The van der Waals surface area contributed by atoms with Crippen LogP contribution in [0.4, 0.5) is 5.69 Å². The Balaban J connectivity index is 1.37. The summed E-state index contributed by atoms with van der Waals surface area (Å²) in [6.45, 7) is 5.67. The van der Waals surface area contributed by atoms with Gasteiger partial charge in [0.2, 0.25) is 0 Å². The van der Waals surface area contributed by atoms with Crippen LogP contribution in [-0.4, -0.2) is 49.5 Å². The molecule has 0 radical (unpaired) electrons. The van der Waals surface area contributed by atoms with Gasteiger partial charge in [-0.05, 0) is 36.6 Å². The van der Waals surface area contributed by atoms with Crippen LogP contribution >= 0.6 is 0 Å². The van der Waals surface area contributed by atoms with Gasteiger partial charge in [-0.15, -0.1) is 0 Å². The highest BCUT2D eigenvalue weighted by molar-refractivity contribution is 6.39. The van der Waals surface area contributed by atoms with E-state index in [1.165, 1.54) is 5.56 Å². The van der Waals surface area contributed by atoms with Crippen LogP contribution in [0.25, 0.3) is 0 Å². The van der Waals surface area contributed by atoms with Crippen LogP contribution in [0.3, 0.4) is 0 Å². The first kappa shape index (κ1) is 20.0. The molecule has 0 aromatic heterocycles. The highest BCUT2D eigenvalue weighted by Crippen LogP contribution is 2.21. The van der Waals surface area contributed by atoms with Crippen molar-refractivity contribution >= 4 is 17.5 Å². The summed E-state index contributed by atoms with van der Waals surface area (Å²) in [7, 11) is 0. The average Bonchev–Trinajstić information content (AvgIpc) is 2.72. The lowest BCUT2D eigenvalue weighted by atomic mass is 10.1. The highest BCUT2D eigenvalue weighted by Gasteiger charge is 2.21. The quantitative estimate of drug-likeness (QED) is 0.596. The van der Waals surface area contributed by atoms with Crippen molar-refractivity contribution in [3.8, 4) is 0 Å². The van der Waals surface area contributed by atoms with E-state index in [1.807, 2.05) is 43.3 Å². The number of hydrogen-bond acceptors (Lipinski definition) is 4. The maximum atomic E-state index is 12.0. The normalized spacial score (nSPS) is 17.1. The van der Waals surface area contributed by atoms with Crippen molar-refractivity contribution in [2.24, 2.45) is 0 Å². The fourth-order valence-electron chi connectivity index (χ4n) is 3.27. The molecule has 1 atom stereocenters. The maximum absolute atomic E-state index is 12.0. The Hall–Kier alpha value is -2.70. The lowest BCUT2D eigenvalue weighted by Crippen LogP contribution is -2.41. The van der Waals surface area contributed by atoms with Crippen LogP contribution in [-0.2, 0) is 14.3 Å². The molecule has 6 heteroatoms. The number of ether oxygens (including phenoxy) is 1. The average molecular weight is 381 g/mol. The molecule has 2 amide bonds. The summed E-state index contributed by atoms with van der Waals surface area (Å²) < 4.78 is 5.87. The predicted octanol–water partition coefficient (Wildman–Crippen LogP) is 2.51. The zero-order valence-corrected chi connectivity index (χ0v) is 16.2. The molecule has 6 nitrogen and oxygen atoms in total. The van der Waals surface area contributed by atoms with Gasteiger partial charge in [-0.1, -0.05) is 42.5 Å². The largest absolute Gasteiger partial charge is 0.371 e. The van der Waals surface area contributed by atoms with E-state index in [2.05, 4.69) is 27.7 Å². The van der Waals surface area contributed by atoms with Gasteiger partial charge in [0.15, 0.2) is 0 Å². The van der Waals surface area contributed by atoms with E-state index in [9.17, 15) is 9.59 Å². The van der Waals surface area contributed by atoms with Crippen molar-refractivity contribution in [2.45, 2.75) is 19.4 Å². The Kier molecular flexibility index (Phi) is 7.17. The number of carbonyl (C=O) groups excluding carboxylic acids is 2. The number of carbonyl (C=O) groups is 2. The van der Waals surface area contributed by atoms with Crippen molar-refractivity contribution in [3.05, 3.63) is 65.7 Å². The molecule has 2 aromatic rings. The number of morpholine rings is 1. The van der Waals surface area contributed by atoms with Gasteiger partial charge in [-0.25, -0.2) is 0 Å².